The Hall–Kier alpha value is -1.92. The quantitative estimate of drug-likeness (QED) is 0.806. The molecule has 0 radical (unpaired) electrons. The second-order valence-electron chi connectivity index (χ2n) is 6.84. The van der Waals surface area contributed by atoms with Crippen LogP contribution in [0.15, 0.2) is 48.5 Å². The van der Waals surface area contributed by atoms with Crippen molar-refractivity contribution in [3.05, 3.63) is 59.8 Å². The van der Waals surface area contributed by atoms with Crippen LogP contribution in [0, 0.1) is 5.92 Å². The van der Waals surface area contributed by atoms with E-state index in [9.17, 15) is 8.42 Å². The first kappa shape index (κ1) is 18.9. The van der Waals surface area contributed by atoms with Gasteiger partial charge in [0.1, 0.15) is 5.82 Å². The van der Waals surface area contributed by atoms with Crippen molar-refractivity contribution in [3.63, 3.8) is 0 Å². The maximum Gasteiger partial charge on any atom is 0.302 e. The summed E-state index contributed by atoms with van der Waals surface area (Å²) in [7, 11) is -3.53. The summed E-state index contributed by atoms with van der Waals surface area (Å²) in [6.45, 7) is 3.14. The Bertz CT molecular complexity index is 801. The molecular formula is C20H27N3O2S. The third-order valence-corrected chi connectivity index (χ3v) is 6.51. The van der Waals surface area contributed by atoms with Gasteiger partial charge in [0.05, 0.1) is 0 Å². The molecule has 1 aromatic heterocycles. The van der Waals surface area contributed by atoms with Crippen molar-refractivity contribution >= 4 is 16.0 Å². The van der Waals surface area contributed by atoms with E-state index < -0.39 is 10.2 Å². The minimum Gasteiger partial charge on any atom is -0.254 e. The number of rotatable bonds is 7. The van der Waals surface area contributed by atoms with Crippen LogP contribution in [0.3, 0.4) is 0 Å². The molecule has 0 aliphatic carbocycles. The van der Waals surface area contributed by atoms with Crippen LogP contribution >= 0.6 is 0 Å². The zero-order chi connectivity index (χ0) is 18.4. The fourth-order valence-electron chi connectivity index (χ4n) is 3.38. The minimum absolute atomic E-state index is 0.399. The molecule has 26 heavy (non-hydrogen) atoms. The molecule has 1 aliphatic rings. The van der Waals surface area contributed by atoms with Crippen LogP contribution in [0.5, 0.6) is 0 Å². The summed E-state index contributed by atoms with van der Waals surface area (Å²) >= 11 is 0. The number of pyridine rings is 1. The first-order valence-electron chi connectivity index (χ1n) is 9.34. The first-order chi connectivity index (χ1) is 12.6. The molecule has 1 N–H and O–H groups in total. The lowest BCUT2D eigenvalue weighted by molar-refractivity contribution is 0.265. The van der Waals surface area contributed by atoms with E-state index in [4.69, 9.17) is 0 Å². The average molecular weight is 374 g/mol. The minimum atomic E-state index is -3.53. The van der Waals surface area contributed by atoms with Gasteiger partial charge in [-0.3, -0.25) is 4.72 Å². The van der Waals surface area contributed by atoms with E-state index in [1.165, 1.54) is 5.56 Å². The lowest BCUT2D eigenvalue weighted by Gasteiger charge is -2.31. The summed E-state index contributed by atoms with van der Waals surface area (Å²) in [4.78, 5) is 4.33. The Balaban J connectivity index is 1.51. The summed E-state index contributed by atoms with van der Waals surface area (Å²) in [6, 6.07) is 15.9. The predicted octanol–water partition coefficient (Wildman–Crippen LogP) is 3.65. The van der Waals surface area contributed by atoms with Crippen LogP contribution in [0.2, 0.25) is 0 Å². The fourth-order valence-corrected chi connectivity index (χ4v) is 4.58. The molecule has 0 amide bonds. The van der Waals surface area contributed by atoms with E-state index in [0.717, 1.165) is 37.8 Å². The standard InChI is InChI=1S/C20H27N3O2S/c1-2-19-9-6-10-20(21-19)22-26(24,25)23-15-13-18(14-16-23)12-11-17-7-4-3-5-8-17/h3-10,18H,2,11-16H2,1H3,(H,21,22). The summed E-state index contributed by atoms with van der Waals surface area (Å²) < 4.78 is 29.4. The molecule has 0 spiro atoms. The molecule has 1 fully saturated rings. The highest BCUT2D eigenvalue weighted by molar-refractivity contribution is 7.90. The maximum absolute atomic E-state index is 12.6. The van der Waals surface area contributed by atoms with Crippen molar-refractivity contribution in [2.45, 2.75) is 39.0 Å². The van der Waals surface area contributed by atoms with Crippen LogP contribution in [0.25, 0.3) is 0 Å². The Labute approximate surface area is 156 Å². The summed E-state index contributed by atoms with van der Waals surface area (Å²) in [5, 5.41) is 0. The zero-order valence-corrected chi connectivity index (χ0v) is 16.1. The Morgan fingerprint density at radius 3 is 2.50 bits per heavy atom. The van der Waals surface area contributed by atoms with Gasteiger partial charge in [-0.2, -0.15) is 12.7 Å². The van der Waals surface area contributed by atoms with Gasteiger partial charge in [0.25, 0.3) is 0 Å². The van der Waals surface area contributed by atoms with Gasteiger partial charge in [0.15, 0.2) is 0 Å². The van der Waals surface area contributed by atoms with Crippen molar-refractivity contribution in [3.8, 4) is 0 Å². The number of nitrogens with one attached hydrogen (secondary N) is 1. The van der Waals surface area contributed by atoms with Gasteiger partial charge in [-0.15, -0.1) is 0 Å². The second kappa shape index (κ2) is 8.64. The Kier molecular flexibility index (Phi) is 6.27. The SMILES string of the molecule is CCc1cccc(NS(=O)(=O)N2CCC(CCc3ccccc3)CC2)n1. The van der Waals surface area contributed by atoms with Crippen molar-refractivity contribution in [2.75, 3.05) is 17.8 Å². The van der Waals surface area contributed by atoms with E-state index in [1.807, 2.05) is 25.1 Å². The molecule has 140 valence electrons. The molecule has 2 heterocycles. The first-order valence-corrected chi connectivity index (χ1v) is 10.8. The van der Waals surface area contributed by atoms with E-state index in [0.29, 0.717) is 24.8 Å². The number of nitrogens with zero attached hydrogens (tertiary/aromatic N) is 2. The third-order valence-electron chi connectivity index (χ3n) is 5.00. The predicted molar refractivity (Wildman–Crippen MR) is 105 cm³/mol. The largest absolute Gasteiger partial charge is 0.302 e. The molecular weight excluding hydrogens is 346 g/mol. The van der Waals surface area contributed by atoms with Crippen LogP contribution in [-0.2, 0) is 23.1 Å². The number of hydrogen-bond donors (Lipinski definition) is 1. The van der Waals surface area contributed by atoms with E-state index in [-0.39, 0.29) is 0 Å². The van der Waals surface area contributed by atoms with Gasteiger partial charge in [-0.1, -0.05) is 43.3 Å². The van der Waals surface area contributed by atoms with Gasteiger partial charge in [0, 0.05) is 18.8 Å². The van der Waals surface area contributed by atoms with Crippen LogP contribution < -0.4 is 4.72 Å². The second-order valence-corrected chi connectivity index (χ2v) is 8.51. The van der Waals surface area contributed by atoms with Crippen molar-refractivity contribution in [1.82, 2.24) is 9.29 Å². The lowest BCUT2D eigenvalue weighted by Crippen LogP contribution is -2.41. The number of aromatic nitrogens is 1. The monoisotopic (exact) mass is 373 g/mol. The number of hydrogen-bond acceptors (Lipinski definition) is 3. The van der Waals surface area contributed by atoms with Crippen LogP contribution in [0.1, 0.15) is 37.4 Å². The highest BCUT2D eigenvalue weighted by Crippen LogP contribution is 2.24. The van der Waals surface area contributed by atoms with E-state index in [1.54, 1.807) is 10.4 Å². The third kappa shape index (κ3) is 5.05. The molecule has 0 unspecified atom stereocenters. The highest BCUT2D eigenvalue weighted by atomic mass is 32.2. The molecule has 2 aromatic rings. The number of aryl methyl sites for hydroxylation is 2. The molecule has 5 nitrogen and oxygen atoms in total. The molecule has 1 aromatic carbocycles. The van der Waals surface area contributed by atoms with Gasteiger partial charge in [0.2, 0.25) is 0 Å². The fraction of sp³-hybridized carbons (Fsp3) is 0.450. The number of anilines is 1. The summed E-state index contributed by atoms with van der Waals surface area (Å²) in [5.74, 6) is 0.985. The van der Waals surface area contributed by atoms with E-state index in [2.05, 4.69) is 34.0 Å². The summed E-state index contributed by atoms with van der Waals surface area (Å²) in [6.07, 6.45) is 4.78. The molecule has 6 heteroatoms. The molecule has 1 aliphatic heterocycles. The van der Waals surface area contributed by atoms with Crippen molar-refractivity contribution in [2.24, 2.45) is 5.92 Å². The lowest BCUT2D eigenvalue weighted by atomic mass is 9.91. The normalized spacial score (nSPS) is 16.5. The zero-order valence-electron chi connectivity index (χ0n) is 15.3. The van der Waals surface area contributed by atoms with Gasteiger partial charge >= 0.3 is 10.2 Å². The van der Waals surface area contributed by atoms with Gasteiger partial charge in [-0.05, 0) is 55.7 Å². The molecule has 0 bridgehead atoms. The summed E-state index contributed by atoms with van der Waals surface area (Å²) in [5.41, 5.74) is 2.23. The topological polar surface area (TPSA) is 62.3 Å². The molecule has 3 rings (SSSR count). The van der Waals surface area contributed by atoms with Crippen LogP contribution in [-0.4, -0.2) is 30.8 Å². The van der Waals surface area contributed by atoms with E-state index >= 15 is 0 Å². The Morgan fingerprint density at radius 1 is 1.08 bits per heavy atom. The van der Waals surface area contributed by atoms with Crippen molar-refractivity contribution in [1.29, 1.82) is 0 Å². The maximum atomic E-state index is 12.6. The number of piperidine rings is 1. The molecule has 0 saturated carbocycles. The molecule has 0 atom stereocenters. The highest BCUT2D eigenvalue weighted by Gasteiger charge is 2.28. The average Bonchev–Trinajstić information content (AvgIpc) is 2.67. The van der Waals surface area contributed by atoms with Gasteiger partial charge in [-0.25, -0.2) is 4.98 Å². The smallest absolute Gasteiger partial charge is 0.254 e. The number of benzene rings is 1. The Morgan fingerprint density at radius 2 is 1.81 bits per heavy atom. The van der Waals surface area contributed by atoms with Gasteiger partial charge < -0.3 is 0 Å². The molecule has 1 saturated heterocycles. The van der Waals surface area contributed by atoms with Crippen molar-refractivity contribution < 1.29 is 8.42 Å². The van der Waals surface area contributed by atoms with Crippen LogP contribution in [0.4, 0.5) is 5.82 Å².